The Kier molecular flexibility index (Phi) is 2.89. The number of furan rings is 1. The highest BCUT2D eigenvalue weighted by molar-refractivity contribution is 5.51. The van der Waals surface area contributed by atoms with E-state index in [1.807, 2.05) is 0 Å². The molecule has 3 aromatic rings. The Labute approximate surface area is 108 Å². The van der Waals surface area contributed by atoms with Crippen molar-refractivity contribution in [3.63, 3.8) is 0 Å². The average molecular weight is 257 g/mol. The van der Waals surface area contributed by atoms with E-state index in [0.717, 1.165) is 5.56 Å². The SMILES string of the molecule is Nc1ccc(OCc2nc(-c3ccoc3)no2)cc1. The molecule has 2 heterocycles. The summed E-state index contributed by atoms with van der Waals surface area (Å²) in [5.74, 6) is 1.56. The highest BCUT2D eigenvalue weighted by Gasteiger charge is 2.09. The highest BCUT2D eigenvalue weighted by Crippen LogP contribution is 2.18. The molecule has 0 unspecified atom stereocenters. The maximum Gasteiger partial charge on any atom is 0.264 e. The van der Waals surface area contributed by atoms with Gasteiger partial charge in [0, 0.05) is 5.69 Å². The number of aromatic nitrogens is 2. The van der Waals surface area contributed by atoms with Gasteiger partial charge in [0.2, 0.25) is 5.82 Å². The summed E-state index contributed by atoms with van der Waals surface area (Å²) in [6.45, 7) is 0.203. The lowest BCUT2D eigenvalue weighted by Gasteiger charge is -2.02. The third kappa shape index (κ3) is 2.57. The van der Waals surface area contributed by atoms with Crippen LogP contribution in [0.15, 0.2) is 51.8 Å². The van der Waals surface area contributed by atoms with Gasteiger partial charge in [-0.25, -0.2) is 0 Å². The summed E-state index contributed by atoms with van der Waals surface area (Å²) >= 11 is 0. The third-order valence-electron chi connectivity index (χ3n) is 2.49. The second kappa shape index (κ2) is 4.85. The smallest absolute Gasteiger partial charge is 0.264 e. The number of hydrogen-bond acceptors (Lipinski definition) is 6. The minimum Gasteiger partial charge on any atom is -0.484 e. The fourth-order valence-electron chi connectivity index (χ4n) is 1.53. The van der Waals surface area contributed by atoms with Crippen LogP contribution in [0.1, 0.15) is 5.89 Å². The van der Waals surface area contributed by atoms with E-state index in [0.29, 0.717) is 23.2 Å². The molecule has 0 radical (unpaired) electrons. The number of nitrogens with zero attached hydrogens (tertiary/aromatic N) is 2. The molecule has 19 heavy (non-hydrogen) atoms. The summed E-state index contributed by atoms with van der Waals surface area (Å²) in [6, 6.07) is 8.85. The largest absolute Gasteiger partial charge is 0.484 e. The number of nitrogens with two attached hydrogens (primary N) is 1. The Balaban J connectivity index is 1.66. The lowest BCUT2D eigenvalue weighted by Crippen LogP contribution is -1.96. The first-order valence-electron chi connectivity index (χ1n) is 5.65. The molecule has 0 spiro atoms. The van der Waals surface area contributed by atoms with Gasteiger partial charge in [-0.05, 0) is 30.3 Å². The zero-order chi connectivity index (χ0) is 13.1. The molecule has 0 aliphatic heterocycles. The van der Waals surface area contributed by atoms with E-state index < -0.39 is 0 Å². The lowest BCUT2D eigenvalue weighted by molar-refractivity contribution is 0.243. The van der Waals surface area contributed by atoms with Crippen molar-refractivity contribution in [1.29, 1.82) is 0 Å². The predicted octanol–water partition coefficient (Wildman–Crippen LogP) is 2.49. The Hall–Kier alpha value is -2.76. The summed E-state index contributed by atoms with van der Waals surface area (Å²) in [4.78, 5) is 4.20. The number of anilines is 1. The predicted molar refractivity (Wildman–Crippen MR) is 67.2 cm³/mol. The van der Waals surface area contributed by atoms with Gasteiger partial charge >= 0.3 is 0 Å². The molecule has 6 heteroatoms. The average Bonchev–Trinajstić information content (AvgIpc) is 3.09. The van der Waals surface area contributed by atoms with Gasteiger partial charge in [0.1, 0.15) is 12.0 Å². The first kappa shape index (κ1) is 11.3. The third-order valence-corrected chi connectivity index (χ3v) is 2.49. The summed E-state index contributed by atoms with van der Waals surface area (Å²) in [5.41, 5.74) is 7.04. The second-order valence-electron chi connectivity index (χ2n) is 3.88. The first-order chi connectivity index (χ1) is 9.31. The molecule has 0 bridgehead atoms. The van der Waals surface area contributed by atoms with Crippen molar-refractivity contribution in [2.45, 2.75) is 6.61 Å². The molecule has 0 aliphatic rings. The molecule has 0 atom stereocenters. The van der Waals surface area contributed by atoms with Crippen molar-refractivity contribution < 1.29 is 13.7 Å². The van der Waals surface area contributed by atoms with Crippen molar-refractivity contribution in [2.24, 2.45) is 0 Å². The van der Waals surface area contributed by atoms with E-state index in [1.54, 1.807) is 42.9 Å². The van der Waals surface area contributed by atoms with Gasteiger partial charge in [-0.2, -0.15) is 4.98 Å². The van der Waals surface area contributed by atoms with Crippen molar-refractivity contribution in [3.05, 3.63) is 48.7 Å². The molecule has 0 fully saturated rings. The van der Waals surface area contributed by atoms with Crippen LogP contribution in [0.2, 0.25) is 0 Å². The molecule has 0 saturated heterocycles. The summed E-state index contributed by atoms with van der Waals surface area (Å²) in [5, 5.41) is 3.84. The van der Waals surface area contributed by atoms with Gasteiger partial charge in [0.15, 0.2) is 6.61 Å². The Morgan fingerprint density at radius 3 is 2.74 bits per heavy atom. The monoisotopic (exact) mass is 257 g/mol. The van der Waals surface area contributed by atoms with Crippen LogP contribution in [0, 0.1) is 0 Å². The van der Waals surface area contributed by atoms with E-state index in [2.05, 4.69) is 10.1 Å². The molecular weight excluding hydrogens is 246 g/mol. The summed E-state index contributed by atoms with van der Waals surface area (Å²) in [7, 11) is 0. The molecule has 6 nitrogen and oxygen atoms in total. The van der Waals surface area contributed by atoms with E-state index in [9.17, 15) is 0 Å². The molecule has 3 rings (SSSR count). The Morgan fingerprint density at radius 2 is 2.00 bits per heavy atom. The maximum absolute atomic E-state index is 5.59. The van der Waals surface area contributed by atoms with E-state index in [-0.39, 0.29) is 6.61 Å². The zero-order valence-electron chi connectivity index (χ0n) is 9.95. The minimum absolute atomic E-state index is 0.203. The van der Waals surface area contributed by atoms with Crippen LogP contribution in [-0.2, 0) is 6.61 Å². The van der Waals surface area contributed by atoms with Crippen LogP contribution in [0.4, 0.5) is 5.69 Å². The number of benzene rings is 1. The van der Waals surface area contributed by atoms with Gasteiger partial charge in [0.25, 0.3) is 5.89 Å². The van der Waals surface area contributed by atoms with Crippen molar-refractivity contribution in [1.82, 2.24) is 10.1 Å². The Bertz CT molecular complexity index is 644. The quantitative estimate of drug-likeness (QED) is 0.722. The topological polar surface area (TPSA) is 87.3 Å². The van der Waals surface area contributed by atoms with Crippen molar-refractivity contribution in [2.75, 3.05) is 5.73 Å². The standard InChI is InChI=1S/C13H11N3O3/c14-10-1-3-11(4-2-10)18-8-12-15-13(16-19-12)9-5-6-17-7-9/h1-7H,8,14H2. The molecule has 2 aromatic heterocycles. The highest BCUT2D eigenvalue weighted by atomic mass is 16.5. The maximum atomic E-state index is 5.59. The van der Waals surface area contributed by atoms with Gasteiger partial charge < -0.3 is 19.4 Å². The fraction of sp³-hybridized carbons (Fsp3) is 0.0769. The number of ether oxygens (including phenoxy) is 1. The van der Waals surface area contributed by atoms with Crippen molar-refractivity contribution in [3.8, 4) is 17.1 Å². The summed E-state index contributed by atoms with van der Waals surface area (Å²) < 4.78 is 15.5. The van der Waals surface area contributed by atoms with E-state index in [1.165, 1.54) is 0 Å². The lowest BCUT2D eigenvalue weighted by atomic mass is 10.3. The number of nitrogen functional groups attached to an aromatic ring is 1. The van der Waals surface area contributed by atoms with Crippen LogP contribution >= 0.6 is 0 Å². The number of hydrogen-bond donors (Lipinski definition) is 1. The van der Waals surface area contributed by atoms with Crippen LogP contribution in [0.3, 0.4) is 0 Å². The molecule has 0 aliphatic carbocycles. The summed E-state index contributed by atoms with van der Waals surface area (Å²) in [6.07, 6.45) is 3.10. The molecule has 2 N–H and O–H groups in total. The number of rotatable bonds is 4. The molecule has 0 amide bonds. The van der Waals surface area contributed by atoms with Gasteiger partial charge in [-0.15, -0.1) is 0 Å². The normalized spacial score (nSPS) is 10.5. The molecule has 0 saturated carbocycles. The Morgan fingerprint density at radius 1 is 1.16 bits per heavy atom. The van der Waals surface area contributed by atoms with Gasteiger partial charge in [-0.3, -0.25) is 0 Å². The molecule has 96 valence electrons. The van der Waals surface area contributed by atoms with Crippen LogP contribution in [0.5, 0.6) is 5.75 Å². The minimum atomic E-state index is 0.203. The molecular formula is C13H11N3O3. The van der Waals surface area contributed by atoms with Crippen LogP contribution in [0.25, 0.3) is 11.4 Å². The van der Waals surface area contributed by atoms with Crippen LogP contribution < -0.4 is 10.5 Å². The zero-order valence-corrected chi connectivity index (χ0v) is 9.95. The first-order valence-corrected chi connectivity index (χ1v) is 5.65. The van der Waals surface area contributed by atoms with E-state index in [4.69, 9.17) is 19.4 Å². The van der Waals surface area contributed by atoms with E-state index >= 15 is 0 Å². The van der Waals surface area contributed by atoms with Crippen LogP contribution in [-0.4, -0.2) is 10.1 Å². The molecule has 1 aromatic carbocycles. The second-order valence-corrected chi connectivity index (χ2v) is 3.88. The van der Waals surface area contributed by atoms with Gasteiger partial charge in [0.05, 0.1) is 11.8 Å². The van der Waals surface area contributed by atoms with Gasteiger partial charge in [-0.1, -0.05) is 5.16 Å². The fourth-order valence-corrected chi connectivity index (χ4v) is 1.53. The van der Waals surface area contributed by atoms with Crippen molar-refractivity contribution >= 4 is 5.69 Å².